The maximum Gasteiger partial charge on any atom is 0.321 e. The molecule has 0 radical (unpaired) electrons. The van der Waals surface area contributed by atoms with Crippen LogP contribution in [0.4, 0.5) is 5.69 Å². The van der Waals surface area contributed by atoms with Crippen LogP contribution in [0.5, 0.6) is 0 Å². The summed E-state index contributed by atoms with van der Waals surface area (Å²) in [5.74, 6) is -0.776. The van der Waals surface area contributed by atoms with Crippen molar-refractivity contribution in [1.82, 2.24) is 5.32 Å². The first kappa shape index (κ1) is 21.7. The van der Waals surface area contributed by atoms with Crippen LogP contribution in [0.2, 0.25) is 0 Å². The maximum atomic E-state index is 13.4. The number of likely N-dealkylation sites (tertiary alicyclic amines) is 1. The number of aryl methyl sites for hydroxylation is 2. The summed E-state index contributed by atoms with van der Waals surface area (Å²) in [7, 11) is 1.52. The summed E-state index contributed by atoms with van der Waals surface area (Å²) in [6.07, 6.45) is 1.38. The van der Waals surface area contributed by atoms with Crippen molar-refractivity contribution in [2.24, 2.45) is 5.92 Å². The van der Waals surface area contributed by atoms with E-state index in [2.05, 4.69) is 17.6 Å². The number of likely N-dealkylation sites (N-methyl/N-ethyl adjacent to an activating group) is 1. The second-order valence-electron chi connectivity index (χ2n) is 9.38. The summed E-state index contributed by atoms with van der Waals surface area (Å²) in [5.41, 5.74) is 4.10. The fraction of sp³-hybridized carbons (Fsp3) is 0.440. The van der Waals surface area contributed by atoms with Crippen LogP contribution in [-0.2, 0) is 4.79 Å². The Kier molecular flexibility index (Phi) is 5.73. The lowest BCUT2D eigenvalue weighted by atomic mass is 9.74. The summed E-state index contributed by atoms with van der Waals surface area (Å²) < 4.78 is -0.819. The third kappa shape index (κ3) is 4.15. The van der Waals surface area contributed by atoms with E-state index in [1.54, 1.807) is 12.1 Å². The summed E-state index contributed by atoms with van der Waals surface area (Å²) >= 11 is 0. The van der Waals surface area contributed by atoms with Crippen molar-refractivity contribution >= 4 is 17.5 Å². The number of carbonyl (C=O) groups excluding carboxylic acids is 2. The van der Waals surface area contributed by atoms with E-state index in [-0.39, 0.29) is 29.8 Å². The molecule has 2 aliphatic rings. The van der Waals surface area contributed by atoms with Crippen LogP contribution in [0.3, 0.4) is 0 Å². The smallest absolute Gasteiger partial charge is 0.321 e. The molecule has 2 aromatic rings. The lowest BCUT2D eigenvalue weighted by molar-refractivity contribution is -0.822. The molecule has 6 heteroatoms. The summed E-state index contributed by atoms with van der Waals surface area (Å²) in [5, 5.41) is 19.8. The zero-order chi connectivity index (χ0) is 22.3. The van der Waals surface area contributed by atoms with Crippen LogP contribution in [0.1, 0.15) is 52.7 Å². The van der Waals surface area contributed by atoms with E-state index in [0.29, 0.717) is 17.7 Å². The van der Waals surface area contributed by atoms with Gasteiger partial charge in [0.1, 0.15) is 12.0 Å². The number of amides is 2. The standard InChI is InChI=1S/C25H31N3O3/c1-15-5-8-18(9-6-15)24(29)27-20-10-7-16(2)21(13-20)22-12-19-14-26-17(3)11-23(19)28(4,31)25(22)30/h5-10,13,17,19,22-23,26H,11-12,14H2,1-4H3,(H,27,29). The van der Waals surface area contributed by atoms with Crippen molar-refractivity contribution in [3.8, 4) is 0 Å². The average molecular weight is 422 g/mol. The average Bonchev–Trinajstić information content (AvgIpc) is 2.73. The summed E-state index contributed by atoms with van der Waals surface area (Å²) in [6, 6.07) is 13.1. The fourth-order valence-electron chi connectivity index (χ4n) is 5.11. The second-order valence-corrected chi connectivity index (χ2v) is 9.38. The van der Waals surface area contributed by atoms with Crippen molar-refractivity contribution in [2.75, 3.05) is 18.9 Å². The lowest BCUT2D eigenvalue weighted by Gasteiger charge is -2.54. The van der Waals surface area contributed by atoms with Gasteiger partial charge in [0.25, 0.3) is 5.91 Å². The summed E-state index contributed by atoms with van der Waals surface area (Å²) in [4.78, 5) is 25.9. The molecular weight excluding hydrogens is 390 g/mol. The Balaban J connectivity index is 1.60. The quantitative estimate of drug-likeness (QED) is 0.582. The number of piperidine rings is 2. The predicted octanol–water partition coefficient (Wildman–Crippen LogP) is 3.88. The van der Waals surface area contributed by atoms with E-state index < -0.39 is 10.6 Å². The van der Waals surface area contributed by atoms with Crippen LogP contribution in [0, 0.1) is 25.0 Å². The molecule has 2 N–H and O–H groups in total. The van der Waals surface area contributed by atoms with Crippen molar-refractivity contribution in [2.45, 2.75) is 51.6 Å². The zero-order valence-corrected chi connectivity index (χ0v) is 18.6. The maximum absolute atomic E-state index is 13.4. The van der Waals surface area contributed by atoms with Gasteiger partial charge in [0.15, 0.2) is 0 Å². The number of hydrogen-bond donors (Lipinski definition) is 2. The van der Waals surface area contributed by atoms with Crippen LogP contribution in [0.15, 0.2) is 42.5 Å². The number of rotatable bonds is 3. The van der Waals surface area contributed by atoms with Crippen LogP contribution in [-0.4, -0.2) is 42.1 Å². The number of anilines is 1. The molecule has 0 spiro atoms. The molecule has 31 heavy (non-hydrogen) atoms. The minimum atomic E-state index is -0.819. The number of nitrogens with zero attached hydrogens (tertiary/aromatic N) is 1. The van der Waals surface area contributed by atoms with E-state index in [1.165, 1.54) is 7.05 Å². The summed E-state index contributed by atoms with van der Waals surface area (Å²) in [6.45, 7) is 6.76. The van der Waals surface area contributed by atoms with E-state index in [1.807, 2.05) is 44.2 Å². The number of hydroxylamine groups is 3. The van der Waals surface area contributed by atoms with Gasteiger partial charge in [-0.2, -0.15) is 0 Å². The van der Waals surface area contributed by atoms with E-state index in [4.69, 9.17) is 0 Å². The van der Waals surface area contributed by atoms with E-state index in [9.17, 15) is 14.8 Å². The van der Waals surface area contributed by atoms with Crippen molar-refractivity contribution in [3.63, 3.8) is 0 Å². The molecule has 2 fully saturated rings. The highest BCUT2D eigenvalue weighted by atomic mass is 16.6. The third-order valence-electron chi connectivity index (χ3n) is 7.00. The Hall–Kier alpha value is -2.54. The number of hydrogen-bond acceptors (Lipinski definition) is 4. The topological polar surface area (TPSA) is 81.3 Å². The zero-order valence-electron chi connectivity index (χ0n) is 18.6. The minimum absolute atomic E-state index is 0.159. The first-order chi connectivity index (χ1) is 14.7. The molecule has 0 saturated carbocycles. The Labute approximate surface area is 183 Å². The Morgan fingerprint density at radius 1 is 1.13 bits per heavy atom. The molecule has 6 nitrogen and oxygen atoms in total. The third-order valence-corrected chi connectivity index (χ3v) is 7.00. The first-order valence-corrected chi connectivity index (χ1v) is 11.0. The molecule has 2 amide bonds. The highest BCUT2D eigenvalue weighted by molar-refractivity contribution is 6.04. The Bertz CT molecular complexity index is 1000. The van der Waals surface area contributed by atoms with Gasteiger partial charge in [-0.25, -0.2) is 4.79 Å². The van der Waals surface area contributed by atoms with E-state index >= 15 is 0 Å². The van der Waals surface area contributed by atoms with Gasteiger partial charge in [-0.15, -0.1) is 0 Å². The molecule has 5 unspecified atom stereocenters. The van der Waals surface area contributed by atoms with Gasteiger partial charge < -0.3 is 15.8 Å². The molecule has 2 aromatic carbocycles. The largest absolute Gasteiger partial charge is 0.625 e. The normalized spacial score (nSPS) is 30.5. The van der Waals surface area contributed by atoms with Crippen LogP contribution in [0.25, 0.3) is 0 Å². The predicted molar refractivity (Wildman–Crippen MR) is 122 cm³/mol. The highest BCUT2D eigenvalue weighted by Gasteiger charge is 2.50. The molecule has 0 bridgehead atoms. The van der Waals surface area contributed by atoms with Crippen molar-refractivity contribution < 1.29 is 14.2 Å². The number of carbonyl (C=O) groups is 2. The lowest BCUT2D eigenvalue weighted by Crippen LogP contribution is -2.65. The molecule has 4 rings (SSSR count). The molecule has 2 heterocycles. The van der Waals surface area contributed by atoms with Gasteiger partial charge in [0.05, 0.1) is 7.05 Å². The monoisotopic (exact) mass is 421 g/mol. The van der Waals surface area contributed by atoms with E-state index in [0.717, 1.165) is 29.7 Å². The molecule has 5 atom stereocenters. The molecule has 2 aliphatic heterocycles. The molecule has 0 aromatic heterocycles. The van der Waals surface area contributed by atoms with Gasteiger partial charge in [-0.3, -0.25) is 9.44 Å². The van der Waals surface area contributed by atoms with Gasteiger partial charge in [-0.05, 0) is 62.6 Å². The number of quaternary nitrogens is 1. The Morgan fingerprint density at radius 3 is 2.55 bits per heavy atom. The van der Waals surface area contributed by atoms with Gasteiger partial charge >= 0.3 is 5.91 Å². The molecule has 2 saturated heterocycles. The van der Waals surface area contributed by atoms with Crippen LogP contribution < -0.4 is 10.6 Å². The van der Waals surface area contributed by atoms with Crippen molar-refractivity contribution in [1.29, 1.82) is 0 Å². The highest BCUT2D eigenvalue weighted by Crippen LogP contribution is 2.42. The van der Waals surface area contributed by atoms with Crippen LogP contribution >= 0.6 is 0 Å². The second kappa shape index (κ2) is 8.19. The number of fused-ring (bicyclic) bond motifs is 1. The molecular formula is C25H31N3O3. The number of nitrogens with one attached hydrogen (secondary N) is 2. The molecule has 164 valence electrons. The van der Waals surface area contributed by atoms with Crippen molar-refractivity contribution in [3.05, 3.63) is 69.9 Å². The first-order valence-electron chi connectivity index (χ1n) is 11.0. The van der Waals surface area contributed by atoms with Gasteiger partial charge in [0.2, 0.25) is 0 Å². The van der Waals surface area contributed by atoms with Gasteiger partial charge in [0, 0.05) is 36.2 Å². The fourth-order valence-corrected chi connectivity index (χ4v) is 5.11. The Morgan fingerprint density at radius 2 is 1.84 bits per heavy atom. The molecule has 0 aliphatic carbocycles. The minimum Gasteiger partial charge on any atom is -0.625 e. The SMILES string of the molecule is Cc1ccc(C(=O)Nc2ccc(C)c(C3CC4CNC(C)CC4[N+](C)([O-])C3=O)c2)cc1. The number of benzene rings is 2. The van der Waals surface area contributed by atoms with Gasteiger partial charge in [-0.1, -0.05) is 23.8 Å².